The van der Waals surface area contributed by atoms with Crippen molar-refractivity contribution in [3.8, 4) is 11.5 Å². The summed E-state index contributed by atoms with van der Waals surface area (Å²) >= 11 is 0. The molecule has 6 heteroatoms. The number of aryl methyl sites for hydroxylation is 1. The Morgan fingerprint density at radius 1 is 1.07 bits per heavy atom. The summed E-state index contributed by atoms with van der Waals surface area (Å²) in [7, 11) is 3.24. The van der Waals surface area contributed by atoms with Crippen molar-refractivity contribution in [2.45, 2.75) is 32.2 Å². The largest absolute Gasteiger partial charge is 0.497 e. The number of rotatable bonds is 5. The molecule has 2 aromatic carbocycles. The number of amides is 2. The van der Waals surface area contributed by atoms with Gasteiger partial charge in [0.15, 0.2) is 0 Å². The molecule has 4 rings (SSSR count). The van der Waals surface area contributed by atoms with Crippen LogP contribution in [0, 0.1) is 12.8 Å². The first kappa shape index (κ1) is 20.3. The van der Waals surface area contributed by atoms with Gasteiger partial charge in [0.2, 0.25) is 11.8 Å². The van der Waals surface area contributed by atoms with Crippen LogP contribution in [-0.2, 0) is 9.59 Å². The topological polar surface area (TPSA) is 59.1 Å². The Labute approximate surface area is 177 Å². The molecule has 2 atom stereocenters. The van der Waals surface area contributed by atoms with Crippen molar-refractivity contribution in [1.29, 1.82) is 0 Å². The van der Waals surface area contributed by atoms with Gasteiger partial charge in [-0.2, -0.15) is 0 Å². The minimum atomic E-state index is -0.332. The highest BCUT2D eigenvalue weighted by molar-refractivity contribution is 6.01. The first-order valence-electron chi connectivity index (χ1n) is 10.4. The number of carbonyl (C=O) groups excluding carboxylic acids is 2. The fraction of sp³-hybridized carbons (Fsp3) is 0.417. The van der Waals surface area contributed by atoms with Gasteiger partial charge in [0.25, 0.3) is 0 Å². The highest BCUT2D eigenvalue weighted by Gasteiger charge is 2.41. The average Bonchev–Trinajstić information content (AvgIpc) is 3.40. The molecule has 0 spiro atoms. The number of carbonyl (C=O) groups is 2. The summed E-state index contributed by atoms with van der Waals surface area (Å²) in [5.74, 6) is 1.16. The van der Waals surface area contributed by atoms with Crippen molar-refractivity contribution in [3.63, 3.8) is 0 Å². The molecule has 2 aliphatic heterocycles. The van der Waals surface area contributed by atoms with Crippen molar-refractivity contribution >= 4 is 17.5 Å². The molecule has 0 aliphatic carbocycles. The van der Waals surface area contributed by atoms with Crippen LogP contribution in [0.25, 0.3) is 0 Å². The van der Waals surface area contributed by atoms with E-state index < -0.39 is 0 Å². The number of hydrogen-bond donors (Lipinski definition) is 0. The van der Waals surface area contributed by atoms with Gasteiger partial charge >= 0.3 is 0 Å². The molecule has 6 nitrogen and oxygen atoms in total. The van der Waals surface area contributed by atoms with Crippen LogP contribution in [-0.4, -0.2) is 44.0 Å². The number of methoxy groups -OCH3 is 2. The van der Waals surface area contributed by atoms with E-state index in [1.165, 1.54) is 0 Å². The lowest BCUT2D eigenvalue weighted by Gasteiger charge is -2.28. The zero-order chi connectivity index (χ0) is 21.3. The normalized spacial score (nSPS) is 21.2. The predicted molar refractivity (Wildman–Crippen MR) is 115 cm³/mol. The van der Waals surface area contributed by atoms with Crippen LogP contribution in [0.1, 0.15) is 36.4 Å². The van der Waals surface area contributed by atoms with Crippen LogP contribution in [0.3, 0.4) is 0 Å². The van der Waals surface area contributed by atoms with Gasteiger partial charge in [-0.15, -0.1) is 0 Å². The van der Waals surface area contributed by atoms with E-state index in [9.17, 15) is 9.59 Å². The van der Waals surface area contributed by atoms with Crippen molar-refractivity contribution in [1.82, 2.24) is 4.90 Å². The average molecular weight is 408 g/mol. The molecule has 2 unspecified atom stereocenters. The number of ether oxygens (including phenoxy) is 2. The van der Waals surface area contributed by atoms with Crippen molar-refractivity contribution < 1.29 is 19.1 Å². The van der Waals surface area contributed by atoms with Crippen LogP contribution in [0.4, 0.5) is 5.69 Å². The number of benzene rings is 2. The molecule has 2 fully saturated rings. The molecule has 2 heterocycles. The predicted octanol–water partition coefficient (Wildman–Crippen LogP) is 3.73. The van der Waals surface area contributed by atoms with Crippen molar-refractivity contribution in [3.05, 3.63) is 53.6 Å². The minimum Gasteiger partial charge on any atom is -0.497 e. The highest BCUT2D eigenvalue weighted by atomic mass is 16.5. The van der Waals surface area contributed by atoms with Gasteiger partial charge in [0, 0.05) is 19.5 Å². The van der Waals surface area contributed by atoms with Crippen molar-refractivity contribution in [2.24, 2.45) is 5.92 Å². The molecule has 2 amide bonds. The Hall–Kier alpha value is -3.02. The maximum Gasteiger partial charge on any atom is 0.228 e. The van der Waals surface area contributed by atoms with E-state index in [1.54, 1.807) is 19.1 Å². The molecule has 30 heavy (non-hydrogen) atoms. The van der Waals surface area contributed by atoms with E-state index in [-0.39, 0.29) is 30.2 Å². The number of nitrogens with zero attached hydrogens (tertiary/aromatic N) is 2. The molecular weight excluding hydrogens is 380 g/mol. The van der Waals surface area contributed by atoms with E-state index in [4.69, 9.17) is 9.47 Å². The van der Waals surface area contributed by atoms with E-state index in [0.29, 0.717) is 12.3 Å². The van der Waals surface area contributed by atoms with E-state index >= 15 is 0 Å². The minimum absolute atomic E-state index is 0.0301. The standard InChI is InChI=1S/C24H28N2O4/c1-16-6-11-22(30-3)21(13-16)26-15-18(14-23(26)27)24(28)25-12-4-5-20(25)17-7-9-19(29-2)10-8-17/h6-11,13,18,20H,4-5,12,14-15H2,1-3H3. The maximum absolute atomic E-state index is 13.4. The molecule has 2 aromatic rings. The molecule has 2 aliphatic rings. The number of anilines is 1. The number of hydrogen-bond acceptors (Lipinski definition) is 4. The monoisotopic (exact) mass is 408 g/mol. The highest BCUT2D eigenvalue weighted by Crippen LogP contribution is 2.38. The second kappa shape index (κ2) is 8.38. The Morgan fingerprint density at radius 2 is 1.83 bits per heavy atom. The molecule has 2 saturated heterocycles. The van der Waals surface area contributed by atoms with Gasteiger partial charge < -0.3 is 19.3 Å². The molecule has 158 valence electrons. The second-order valence-corrected chi connectivity index (χ2v) is 8.04. The molecule has 0 radical (unpaired) electrons. The van der Waals surface area contributed by atoms with Gasteiger partial charge in [0.1, 0.15) is 11.5 Å². The zero-order valence-corrected chi connectivity index (χ0v) is 17.8. The first-order valence-corrected chi connectivity index (χ1v) is 10.4. The van der Waals surface area contributed by atoms with Crippen LogP contribution in [0.2, 0.25) is 0 Å². The Kier molecular flexibility index (Phi) is 5.66. The van der Waals surface area contributed by atoms with Gasteiger partial charge in [-0.3, -0.25) is 9.59 Å². The summed E-state index contributed by atoms with van der Waals surface area (Å²) in [6.07, 6.45) is 2.15. The third-order valence-corrected chi connectivity index (χ3v) is 6.14. The lowest BCUT2D eigenvalue weighted by molar-refractivity contribution is -0.136. The fourth-order valence-electron chi connectivity index (χ4n) is 4.55. The molecule has 0 saturated carbocycles. The maximum atomic E-state index is 13.4. The fourth-order valence-corrected chi connectivity index (χ4v) is 4.55. The third kappa shape index (κ3) is 3.74. The van der Waals surface area contributed by atoms with Crippen LogP contribution in [0.15, 0.2) is 42.5 Å². The van der Waals surface area contributed by atoms with Gasteiger partial charge in [-0.05, 0) is 55.2 Å². The van der Waals surface area contributed by atoms with Gasteiger partial charge in [-0.25, -0.2) is 0 Å². The van der Waals surface area contributed by atoms with E-state index in [2.05, 4.69) is 0 Å². The smallest absolute Gasteiger partial charge is 0.228 e. The Balaban J connectivity index is 1.52. The van der Waals surface area contributed by atoms with Crippen molar-refractivity contribution in [2.75, 3.05) is 32.2 Å². The molecular formula is C24H28N2O4. The Bertz CT molecular complexity index is 941. The molecule has 0 bridgehead atoms. The van der Waals surface area contributed by atoms with Crippen LogP contribution >= 0.6 is 0 Å². The second-order valence-electron chi connectivity index (χ2n) is 8.04. The van der Waals surface area contributed by atoms with Crippen LogP contribution < -0.4 is 14.4 Å². The third-order valence-electron chi connectivity index (χ3n) is 6.14. The lowest BCUT2D eigenvalue weighted by atomic mass is 10.0. The quantitative estimate of drug-likeness (QED) is 0.756. The summed E-state index contributed by atoms with van der Waals surface area (Å²) in [5.41, 5.74) is 2.90. The Morgan fingerprint density at radius 3 is 2.53 bits per heavy atom. The SMILES string of the molecule is COc1ccc(C2CCCN2C(=O)C2CC(=O)N(c3cc(C)ccc3OC)C2)cc1. The number of likely N-dealkylation sites (tertiary alicyclic amines) is 1. The van der Waals surface area contributed by atoms with Gasteiger partial charge in [0.05, 0.1) is 31.9 Å². The van der Waals surface area contributed by atoms with Crippen LogP contribution in [0.5, 0.6) is 11.5 Å². The summed E-state index contributed by atoms with van der Waals surface area (Å²) in [4.78, 5) is 29.8. The lowest BCUT2D eigenvalue weighted by Crippen LogP contribution is -2.37. The van der Waals surface area contributed by atoms with E-state index in [1.807, 2.05) is 54.3 Å². The summed E-state index contributed by atoms with van der Waals surface area (Å²) in [6.45, 7) is 3.10. The first-order chi connectivity index (χ1) is 14.5. The summed E-state index contributed by atoms with van der Waals surface area (Å²) < 4.78 is 10.7. The zero-order valence-electron chi connectivity index (χ0n) is 17.8. The summed E-state index contributed by atoms with van der Waals surface area (Å²) in [6, 6.07) is 13.7. The van der Waals surface area contributed by atoms with E-state index in [0.717, 1.165) is 42.0 Å². The summed E-state index contributed by atoms with van der Waals surface area (Å²) in [5, 5.41) is 0. The molecule has 0 aromatic heterocycles. The molecule has 0 N–H and O–H groups in total. The van der Waals surface area contributed by atoms with Gasteiger partial charge in [-0.1, -0.05) is 18.2 Å².